The van der Waals surface area contributed by atoms with Gasteiger partial charge in [-0.3, -0.25) is 0 Å². The number of nitrogens with one attached hydrogen (secondary N) is 1. The Morgan fingerprint density at radius 3 is 2.93 bits per heavy atom. The molecule has 0 spiro atoms. The lowest BCUT2D eigenvalue weighted by molar-refractivity contribution is 0.480. The van der Waals surface area contributed by atoms with Crippen LogP contribution in [0.2, 0.25) is 0 Å². The van der Waals surface area contributed by atoms with E-state index in [1.54, 1.807) is 6.07 Å². The molecule has 0 unspecified atom stereocenters. The Labute approximate surface area is 90.1 Å². The highest BCUT2D eigenvalue weighted by molar-refractivity contribution is 9.10. The zero-order valence-corrected chi connectivity index (χ0v) is 9.13. The second kappa shape index (κ2) is 3.63. The Kier molecular flexibility index (Phi) is 2.48. The number of hydrogen-bond acceptors (Lipinski definition) is 2. The van der Waals surface area contributed by atoms with Crippen molar-refractivity contribution >= 4 is 26.8 Å². The largest absolute Gasteiger partial charge is 0.506 e. The fraction of sp³-hybridized carbons (Fsp3) is 0.200. The molecule has 0 aliphatic carbocycles. The van der Waals surface area contributed by atoms with Gasteiger partial charge in [-0.2, -0.15) is 0 Å². The Bertz CT molecular complexity index is 464. The van der Waals surface area contributed by atoms with E-state index in [2.05, 4.69) is 20.9 Å². The molecule has 0 amide bonds. The van der Waals surface area contributed by atoms with Crippen LogP contribution >= 0.6 is 15.9 Å². The predicted molar refractivity (Wildman–Crippen MR) is 60.4 cm³/mol. The van der Waals surface area contributed by atoms with Gasteiger partial charge in [0.2, 0.25) is 0 Å². The van der Waals surface area contributed by atoms with Gasteiger partial charge in [0.05, 0.1) is 5.52 Å². The first-order valence-electron chi connectivity index (χ1n) is 4.41. The molecule has 0 fully saturated rings. The van der Waals surface area contributed by atoms with Crippen LogP contribution in [-0.2, 0) is 6.42 Å². The highest BCUT2D eigenvalue weighted by Gasteiger charge is 2.07. The lowest BCUT2D eigenvalue weighted by Crippen LogP contribution is -2.01. The maximum atomic E-state index is 9.64. The van der Waals surface area contributed by atoms with Crippen molar-refractivity contribution in [2.45, 2.75) is 6.42 Å². The number of aromatic amines is 1. The number of benzene rings is 1. The highest BCUT2D eigenvalue weighted by atomic mass is 79.9. The number of nitrogens with two attached hydrogens (primary N) is 1. The second-order valence-electron chi connectivity index (χ2n) is 3.20. The van der Waals surface area contributed by atoms with Crippen molar-refractivity contribution in [3.63, 3.8) is 0 Å². The first kappa shape index (κ1) is 9.55. The monoisotopic (exact) mass is 254 g/mol. The maximum Gasteiger partial charge on any atom is 0.140 e. The SMILES string of the molecule is NCCc1c[nH]c2c(O)cc(Br)cc12. The van der Waals surface area contributed by atoms with Crippen LogP contribution in [0.4, 0.5) is 0 Å². The van der Waals surface area contributed by atoms with Crippen LogP contribution in [0, 0.1) is 0 Å². The van der Waals surface area contributed by atoms with Gasteiger partial charge in [-0.1, -0.05) is 15.9 Å². The molecule has 14 heavy (non-hydrogen) atoms. The average Bonchev–Trinajstić information content (AvgIpc) is 2.49. The first-order valence-corrected chi connectivity index (χ1v) is 5.20. The third-order valence-corrected chi connectivity index (χ3v) is 2.69. The van der Waals surface area contributed by atoms with E-state index in [0.717, 1.165) is 27.4 Å². The van der Waals surface area contributed by atoms with E-state index >= 15 is 0 Å². The lowest BCUT2D eigenvalue weighted by Gasteiger charge is -1.99. The summed E-state index contributed by atoms with van der Waals surface area (Å²) < 4.78 is 0.875. The van der Waals surface area contributed by atoms with Crippen LogP contribution in [0.1, 0.15) is 5.56 Å². The number of H-pyrrole nitrogens is 1. The Morgan fingerprint density at radius 1 is 1.43 bits per heavy atom. The fourth-order valence-corrected chi connectivity index (χ4v) is 2.04. The number of aromatic nitrogens is 1. The molecule has 4 heteroatoms. The molecule has 2 aromatic rings. The molecule has 0 saturated carbocycles. The van der Waals surface area contributed by atoms with E-state index in [1.807, 2.05) is 12.3 Å². The molecule has 1 aromatic heterocycles. The van der Waals surface area contributed by atoms with E-state index < -0.39 is 0 Å². The van der Waals surface area contributed by atoms with Crippen LogP contribution < -0.4 is 5.73 Å². The Morgan fingerprint density at radius 2 is 2.21 bits per heavy atom. The third-order valence-electron chi connectivity index (χ3n) is 2.23. The van der Waals surface area contributed by atoms with Crippen molar-refractivity contribution < 1.29 is 5.11 Å². The van der Waals surface area contributed by atoms with E-state index in [-0.39, 0.29) is 5.75 Å². The molecule has 0 saturated heterocycles. The average molecular weight is 255 g/mol. The molecule has 1 heterocycles. The summed E-state index contributed by atoms with van der Waals surface area (Å²) in [6.45, 7) is 0.611. The molecule has 0 bridgehead atoms. The van der Waals surface area contributed by atoms with Gasteiger partial charge in [0.1, 0.15) is 5.75 Å². The third kappa shape index (κ3) is 1.51. The van der Waals surface area contributed by atoms with Gasteiger partial charge in [0.15, 0.2) is 0 Å². The summed E-state index contributed by atoms with van der Waals surface area (Å²) in [5, 5.41) is 10.7. The molecule has 0 radical (unpaired) electrons. The summed E-state index contributed by atoms with van der Waals surface area (Å²) >= 11 is 3.35. The van der Waals surface area contributed by atoms with Crippen LogP contribution in [0.5, 0.6) is 5.75 Å². The molecule has 0 atom stereocenters. The standard InChI is InChI=1S/C10H11BrN2O/c11-7-3-8-6(1-2-12)5-13-10(8)9(14)4-7/h3-5,13-14H,1-2,12H2. The summed E-state index contributed by atoms with van der Waals surface area (Å²) in [7, 11) is 0. The number of aromatic hydroxyl groups is 1. The molecule has 4 N–H and O–H groups in total. The minimum atomic E-state index is 0.262. The minimum absolute atomic E-state index is 0.262. The van der Waals surface area contributed by atoms with Crippen molar-refractivity contribution in [2.24, 2.45) is 5.73 Å². The van der Waals surface area contributed by atoms with Crippen LogP contribution in [-0.4, -0.2) is 16.6 Å². The zero-order chi connectivity index (χ0) is 10.1. The van der Waals surface area contributed by atoms with Crippen molar-refractivity contribution in [2.75, 3.05) is 6.54 Å². The van der Waals surface area contributed by atoms with Gasteiger partial charge >= 0.3 is 0 Å². The summed E-state index contributed by atoms with van der Waals surface area (Å²) in [6.07, 6.45) is 2.71. The number of rotatable bonds is 2. The molecule has 74 valence electrons. The summed E-state index contributed by atoms with van der Waals surface area (Å²) in [6, 6.07) is 3.65. The van der Waals surface area contributed by atoms with Gasteiger partial charge in [0.25, 0.3) is 0 Å². The summed E-state index contributed by atoms with van der Waals surface area (Å²) in [5.41, 5.74) is 7.41. The normalized spacial score (nSPS) is 11.0. The highest BCUT2D eigenvalue weighted by Crippen LogP contribution is 2.30. The molecule has 1 aromatic carbocycles. The van der Waals surface area contributed by atoms with Crippen LogP contribution in [0.25, 0.3) is 10.9 Å². The van der Waals surface area contributed by atoms with Gasteiger partial charge < -0.3 is 15.8 Å². The van der Waals surface area contributed by atoms with E-state index in [1.165, 1.54) is 0 Å². The molecule has 0 aliphatic heterocycles. The predicted octanol–water partition coefficient (Wildman–Crippen LogP) is 2.14. The van der Waals surface area contributed by atoms with E-state index in [4.69, 9.17) is 5.73 Å². The van der Waals surface area contributed by atoms with E-state index in [9.17, 15) is 5.11 Å². The minimum Gasteiger partial charge on any atom is -0.506 e. The van der Waals surface area contributed by atoms with Crippen molar-refractivity contribution in [1.82, 2.24) is 4.98 Å². The fourth-order valence-electron chi connectivity index (χ4n) is 1.60. The number of fused-ring (bicyclic) bond motifs is 1. The molecule has 3 nitrogen and oxygen atoms in total. The summed E-state index contributed by atoms with van der Waals surface area (Å²) in [4.78, 5) is 3.04. The number of hydrogen-bond donors (Lipinski definition) is 3. The smallest absolute Gasteiger partial charge is 0.140 e. The van der Waals surface area contributed by atoms with Crippen molar-refractivity contribution in [1.29, 1.82) is 0 Å². The number of phenols is 1. The van der Waals surface area contributed by atoms with E-state index in [0.29, 0.717) is 6.54 Å². The van der Waals surface area contributed by atoms with Gasteiger partial charge in [0, 0.05) is 16.1 Å². The maximum absolute atomic E-state index is 9.64. The molecular weight excluding hydrogens is 244 g/mol. The van der Waals surface area contributed by atoms with Gasteiger partial charge in [-0.05, 0) is 30.7 Å². The van der Waals surface area contributed by atoms with Crippen LogP contribution in [0.3, 0.4) is 0 Å². The van der Waals surface area contributed by atoms with Gasteiger partial charge in [-0.25, -0.2) is 0 Å². The quantitative estimate of drug-likeness (QED) is 0.769. The second-order valence-corrected chi connectivity index (χ2v) is 4.12. The first-order chi connectivity index (χ1) is 6.72. The number of halogens is 1. The van der Waals surface area contributed by atoms with Crippen molar-refractivity contribution in [3.05, 3.63) is 28.4 Å². The Balaban J connectivity index is 2.66. The molecule has 2 rings (SSSR count). The van der Waals surface area contributed by atoms with Gasteiger partial charge in [-0.15, -0.1) is 0 Å². The summed E-state index contributed by atoms with van der Waals surface area (Å²) in [5.74, 6) is 0.262. The molecular formula is C10H11BrN2O. The van der Waals surface area contributed by atoms with Crippen molar-refractivity contribution in [3.8, 4) is 5.75 Å². The number of phenolic OH excluding ortho intramolecular Hbond substituents is 1. The lowest BCUT2D eigenvalue weighted by atomic mass is 10.1. The Hall–Kier alpha value is -1.000. The topological polar surface area (TPSA) is 62.0 Å². The molecule has 0 aliphatic rings. The zero-order valence-electron chi connectivity index (χ0n) is 7.55. The van der Waals surface area contributed by atoms with Crippen LogP contribution in [0.15, 0.2) is 22.8 Å².